The van der Waals surface area contributed by atoms with Crippen LogP contribution >= 0.6 is 0 Å². The van der Waals surface area contributed by atoms with E-state index in [4.69, 9.17) is 0 Å². The molecule has 1 aliphatic heterocycles. The molecule has 0 aliphatic carbocycles. The zero-order chi connectivity index (χ0) is 15.9. The molecule has 0 radical (unpaired) electrons. The van der Waals surface area contributed by atoms with Crippen molar-refractivity contribution in [3.05, 3.63) is 71.8 Å². The minimum atomic E-state index is -0.422. The highest BCUT2D eigenvalue weighted by molar-refractivity contribution is 5.17. The SMILES string of the molecule is OC(CNC1CCN(CCc2ccccc2)C1)c1ccccc1. The Kier molecular flexibility index (Phi) is 5.81. The van der Waals surface area contributed by atoms with Crippen molar-refractivity contribution in [2.45, 2.75) is 25.0 Å². The smallest absolute Gasteiger partial charge is 0.0914 e. The van der Waals surface area contributed by atoms with Crippen LogP contribution in [0.3, 0.4) is 0 Å². The van der Waals surface area contributed by atoms with Crippen molar-refractivity contribution in [3.63, 3.8) is 0 Å². The molecular formula is C20H26N2O. The van der Waals surface area contributed by atoms with Crippen LogP contribution in [0.2, 0.25) is 0 Å². The van der Waals surface area contributed by atoms with Crippen molar-refractivity contribution < 1.29 is 5.11 Å². The standard InChI is InChI=1S/C20H26N2O/c23-20(18-9-5-2-6-10-18)15-21-19-12-14-22(16-19)13-11-17-7-3-1-4-8-17/h1-10,19-21,23H,11-16H2. The van der Waals surface area contributed by atoms with Gasteiger partial charge in [-0.2, -0.15) is 0 Å². The van der Waals surface area contributed by atoms with Gasteiger partial charge >= 0.3 is 0 Å². The summed E-state index contributed by atoms with van der Waals surface area (Å²) in [4.78, 5) is 2.51. The first-order chi connectivity index (χ1) is 11.3. The Hall–Kier alpha value is -1.68. The second kappa shape index (κ2) is 8.25. The highest BCUT2D eigenvalue weighted by atomic mass is 16.3. The maximum absolute atomic E-state index is 10.2. The maximum atomic E-state index is 10.2. The van der Waals surface area contributed by atoms with E-state index < -0.39 is 6.10 Å². The van der Waals surface area contributed by atoms with Crippen LogP contribution in [0, 0.1) is 0 Å². The summed E-state index contributed by atoms with van der Waals surface area (Å²) in [5.74, 6) is 0. The van der Waals surface area contributed by atoms with Crippen molar-refractivity contribution in [1.82, 2.24) is 10.2 Å². The predicted molar refractivity (Wildman–Crippen MR) is 94.4 cm³/mol. The van der Waals surface area contributed by atoms with Gasteiger partial charge in [-0.15, -0.1) is 0 Å². The summed E-state index contributed by atoms with van der Waals surface area (Å²) >= 11 is 0. The van der Waals surface area contributed by atoms with Gasteiger partial charge in [-0.05, 0) is 30.5 Å². The summed E-state index contributed by atoms with van der Waals surface area (Å²) in [6, 6.07) is 21.0. The largest absolute Gasteiger partial charge is 0.387 e. The Labute approximate surface area is 139 Å². The third-order valence-electron chi connectivity index (χ3n) is 4.62. The van der Waals surface area contributed by atoms with Crippen molar-refractivity contribution in [3.8, 4) is 0 Å². The highest BCUT2D eigenvalue weighted by Gasteiger charge is 2.22. The minimum Gasteiger partial charge on any atom is -0.387 e. The highest BCUT2D eigenvalue weighted by Crippen LogP contribution is 2.14. The fourth-order valence-electron chi connectivity index (χ4n) is 3.21. The van der Waals surface area contributed by atoms with Crippen LogP contribution in [0.4, 0.5) is 0 Å². The van der Waals surface area contributed by atoms with Gasteiger partial charge in [-0.25, -0.2) is 0 Å². The van der Waals surface area contributed by atoms with Crippen LogP contribution in [0.5, 0.6) is 0 Å². The molecule has 0 bridgehead atoms. The molecule has 0 aromatic heterocycles. The van der Waals surface area contributed by atoms with Crippen molar-refractivity contribution >= 4 is 0 Å². The monoisotopic (exact) mass is 310 g/mol. The molecule has 0 spiro atoms. The lowest BCUT2D eigenvalue weighted by Gasteiger charge is -2.18. The van der Waals surface area contributed by atoms with Crippen molar-refractivity contribution in [2.75, 3.05) is 26.2 Å². The van der Waals surface area contributed by atoms with Gasteiger partial charge < -0.3 is 15.3 Å². The van der Waals surface area contributed by atoms with E-state index in [0.29, 0.717) is 12.6 Å². The Morgan fingerprint density at radius 1 is 1.04 bits per heavy atom. The van der Waals surface area contributed by atoms with E-state index in [1.165, 1.54) is 5.56 Å². The summed E-state index contributed by atoms with van der Waals surface area (Å²) < 4.78 is 0. The molecule has 1 saturated heterocycles. The zero-order valence-electron chi connectivity index (χ0n) is 13.6. The van der Waals surface area contributed by atoms with E-state index in [1.54, 1.807) is 0 Å². The summed E-state index contributed by atoms with van der Waals surface area (Å²) in [5.41, 5.74) is 2.39. The molecule has 2 atom stereocenters. The quantitative estimate of drug-likeness (QED) is 0.825. The fourth-order valence-corrected chi connectivity index (χ4v) is 3.21. The Morgan fingerprint density at radius 3 is 2.48 bits per heavy atom. The Balaban J connectivity index is 1.38. The number of aliphatic hydroxyl groups is 1. The molecule has 2 aromatic rings. The number of rotatable bonds is 7. The number of hydrogen-bond acceptors (Lipinski definition) is 3. The van der Waals surface area contributed by atoms with Gasteiger partial charge in [0.15, 0.2) is 0 Å². The molecule has 0 amide bonds. The second-order valence-corrected chi connectivity index (χ2v) is 6.36. The van der Waals surface area contributed by atoms with Crippen LogP contribution in [-0.2, 0) is 6.42 Å². The normalized spacial score (nSPS) is 19.8. The predicted octanol–water partition coefficient (Wildman–Crippen LogP) is 2.63. The number of aliphatic hydroxyl groups excluding tert-OH is 1. The number of hydrogen-bond donors (Lipinski definition) is 2. The number of likely N-dealkylation sites (tertiary alicyclic amines) is 1. The van der Waals surface area contributed by atoms with E-state index in [0.717, 1.165) is 38.0 Å². The van der Waals surface area contributed by atoms with E-state index in [1.807, 2.05) is 30.3 Å². The van der Waals surface area contributed by atoms with Crippen LogP contribution < -0.4 is 5.32 Å². The first-order valence-corrected chi connectivity index (χ1v) is 8.54. The molecule has 3 rings (SSSR count). The Morgan fingerprint density at radius 2 is 1.74 bits per heavy atom. The first-order valence-electron chi connectivity index (χ1n) is 8.54. The molecular weight excluding hydrogens is 284 g/mol. The third-order valence-corrected chi connectivity index (χ3v) is 4.62. The molecule has 1 heterocycles. The fraction of sp³-hybridized carbons (Fsp3) is 0.400. The first kappa shape index (κ1) is 16.2. The third kappa shape index (κ3) is 4.90. The molecule has 23 heavy (non-hydrogen) atoms. The lowest BCUT2D eigenvalue weighted by Crippen LogP contribution is -2.35. The van der Waals surface area contributed by atoms with Gasteiger partial charge in [0, 0.05) is 25.7 Å². The molecule has 122 valence electrons. The van der Waals surface area contributed by atoms with Gasteiger partial charge in [0.05, 0.1) is 6.10 Å². The number of nitrogens with zero attached hydrogens (tertiary/aromatic N) is 1. The van der Waals surface area contributed by atoms with Crippen LogP contribution in [0.25, 0.3) is 0 Å². The maximum Gasteiger partial charge on any atom is 0.0914 e. The molecule has 1 fully saturated rings. The van der Waals surface area contributed by atoms with Crippen LogP contribution in [0.15, 0.2) is 60.7 Å². The Bertz CT molecular complexity index is 573. The van der Waals surface area contributed by atoms with E-state index >= 15 is 0 Å². The minimum absolute atomic E-state index is 0.422. The average molecular weight is 310 g/mol. The number of nitrogens with one attached hydrogen (secondary N) is 1. The lowest BCUT2D eigenvalue weighted by atomic mass is 10.1. The molecule has 2 aromatic carbocycles. The second-order valence-electron chi connectivity index (χ2n) is 6.36. The summed E-state index contributed by atoms with van der Waals surface area (Å²) in [7, 11) is 0. The van der Waals surface area contributed by atoms with Crippen molar-refractivity contribution in [2.24, 2.45) is 0 Å². The molecule has 0 saturated carbocycles. The summed E-state index contributed by atoms with van der Waals surface area (Å²) in [6.45, 7) is 3.96. The summed E-state index contributed by atoms with van der Waals surface area (Å²) in [5, 5.41) is 13.7. The molecule has 2 unspecified atom stereocenters. The van der Waals surface area contributed by atoms with E-state index in [-0.39, 0.29) is 0 Å². The van der Waals surface area contributed by atoms with Crippen LogP contribution in [-0.4, -0.2) is 42.2 Å². The van der Waals surface area contributed by atoms with Gasteiger partial charge in [0.25, 0.3) is 0 Å². The van der Waals surface area contributed by atoms with E-state index in [9.17, 15) is 5.11 Å². The molecule has 3 heteroatoms. The zero-order valence-corrected chi connectivity index (χ0v) is 13.6. The van der Waals surface area contributed by atoms with Gasteiger partial charge in [0.1, 0.15) is 0 Å². The van der Waals surface area contributed by atoms with Gasteiger partial charge in [-0.3, -0.25) is 0 Å². The molecule has 3 nitrogen and oxygen atoms in total. The topological polar surface area (TPSA) is 35.5 Å². The molecule has 2 N–H and O–H groups in total. The average Bonchev–Trinajstić information content (AvgIpc) is 3.07. The van der Waals surface area contributed by atoms with Gasteiger partial charge in [0.2, 0.25) is 0 Å². The van der Waals surface area contributed by atoms with Crippen LogP contribution in [0.1, 0.15) is 23.7 Å². The lowest BCUT2D eigenvalue weighted by molar-refractivity contribution is 0.169. The summed E-state index contributed by atoms with van der Waals surface area (Å²) in [6.07, 6.45) is 1.85. The van der Waals surface area contributed by atoms with Gasteiger partial charge in [-0.1, -0.05) is 60.7 Å². The number of benzene rings is 2. The van der Waals surface area contributed by atoms with E-state index in [2.05, 4.69) is 40.5 Å². The van der Waals surface area contributed by atoms with Crippen molar-refractivity contribution in [1.29, 1.82) is 0 Å². The molecule has 1 aliphatic rings.